The van der Waals surface area contributed by atoms with Crippen LogP contribution in [0, 0.1) is 17.0 Å². The average molecular weight is 389 g/mol. The number of rotatable bonds is 6. The van der Waals surface area contributed by atoms with Gasteiger partial charge in [-0.15, -0.1) is 11.3 Å². The van der Waals surface area contributed by atoms with Crippen molar-refractivity contribution >= 4 is 27.0 Å². The van der Waals surface area contributed by atoms with Crippen LogP contribution in [0.15, 0.2) is 59.5 Å². The monoisotopic (exact) mass is 389 g/mol. The van der Waals surface area contributed by atoms with Gasteiger partial charge in [0.15, 0.2) is 0 Å². The SMILES string of the molecule is Cc1nc(-c2ccccc2)sc1CNS(=O)(=O)c1cccc([N+](=O)[O-])c1. The molecule has 0 saturated carbocycles. The molecule has 0 unspecified atom stereocenters. The molecule has 0 saturated heterocycles. The third-order valence-electron chi connectivity index (χ3n) is 3.67. The molecule has 7 nitrogen and oxygen atoms in total. The van der Waals surface area contributed by atoms with E-state index in [1.54, 1.807) is 0 Å². The van der Waals surface area contributed by atoms with Crippen molar-refractivity contribution in [2.45, 2.75) is 18.4 Å². The summed E-state index contributed by atoms with van der Waals surface area (Å²) in [5.41, 5.74) is 1.44. The van der Waals surface area contributed by atoms with E-state index in [1.807, 2.05) is 37.3 Å². The number of sulfonamides is 1. The zero-order valence-electron chi connectivity index (χ0n) is 13.7. The van der Waals surface area contributed by atoms with Gasteiger partial charge in [0.2, 0.25) is 10.0 Å². The lowest BCUT2D eigenvalue weighted by molar-refractivity contribution is -0.385. The van der Waals surface area contributed by atoms with E-state index in [9.17, 15) is 18.5 Å². The van der Waals surface area contributed by atoms with Crippen LogP contribution in [0.3, 0.4) is 0 Å². The normalized spacial score (nSPS) is 11.4. The number of nitro groups is 1. The second kappa shape index (κ2) is 7.32. The topological polar surface area (TPSA) is 102 Å². The van der Waals surface area contributed by atoms with Crippen molar-refractivity contribution in [1.29, 1.82) is 0 Å². The molecular weight excluding hydrogens is 374 g/mol. The highest BCUT2D eigenvalue weighted by Crippen LogP contribution is 2.28. The van der Waals surface area contributed by atoms with E-state index >= 15 is 0 Å². The van der Waals surface area contributed by atoms with E-state index in [1.165, 1.54) is 29.5 Å². The molecule has 1 heterocycles. The second-order valence-corrected chi connectivity index (χ2v) is 8.32. The van der Waals surface area contributed by atoms with Crippen LogP contribution in [-0.2, 0) is 16.6 Å². The highest BCUT2D eigenvalue weighted by molar-refractivity contribution is 7.89. The van der Waals surface area contributed by atoms with Gasteiger partial charge in [-0.2, -0.15) is 0 Å². The lowest BCUT2D eigenvalue weighted by Crippen LogP contribution is -2.23. The Balaban J connectivity index is 1.79. The Hall–Kier alpha value is -2.62. The van der Waals surface area contributed by atoms with E-state index in [0.29, 0.717) is 0 Å². The molecule has 0 atom stereocenters. The Bertz CT molecular complexity index is 1050. The summed E-state index contributed by atoms with van der Waals surface area (Å²) in [5, 5.41) is 11.6. The predicted molar refractivity (Wildman–Crippen MR) is 99.4 cm³/mol. The zero-order valence-corrected chi connectivity index (χ0v) is 15.4. The molecule has 26 heavy (non-hydrogen) atoms. The third kappa shape index (κ3) is 3.96. The first-order chi connectivity index (χ1) is 12.4. The number of thiazole rings is 1. The molecular formula is C17H15N3O4S2. The van der Waals surface area contributed by atoms with Crippen LogP contribution in [0.1, 0.15) is 10.6 Å². The molecule has 3 aromatic rings. The molecule has 0 aliphatic heterocycles. The number of hydrogen-bond donors (Lipinski definition) is 1. The minimum Gasteiger partial charge on any atom is -0.258 e. The van der Waals surface area contributed by atoms with Crippen molar-refractivity contribution < 1.29 is 13.3 Å². The number of aryl methyl sites for hydroxylation is 1. The second-order valence-electron chi connectivity index (χ2n) is 5.47. The molecule has 0 spiro atoms. The maximum atomic E-state index is 12.4. The standard InChI is InChI=1S/C17H15N3O4S2/c1-12-16(25-17(19-12)13-6-3-2-4-7-13)11-18-26(23,24)15-9-5-8-14(10-15)20(21)22/h2-10,18H,11H2,1H3. The number of nitro benzene ring substituents is 1. The summed E-state index contributed by atoms with van der Waals surface area (Å²) >= 11 is 1.41. The minimum absolute atomic E-state index is 0.0708. The summed E-state index contributed by atoms with van der Waals surface area (Å²) in [6.07, 6.45) is 0. The Labute approximate surface area is 154 Å². The van der Waals surface area contributed by atoms with Crippen molar-refractivity contribution in [3.05, 3.63) is 75.3 Å². The summed E-state index contributed by atoms with van der Waals surface area (Å²) in [4.78, 5) is 15.3. The quantitative estimate of drug-likeness (QED) is 0.513. The number of aromatic nitrogens is 1. The lowest BCUT2D eigenvalue weighted by Gasteiger charge is -2.06. The molecule has 0 bridgehead atoms. The number of nitrogens with one attached hydrogen (secondary N) is 1. The van der Waals surface area contributed by atoms with Crippen LogP contribution in [-0.4, -0.2) is 18.3 Å². The van der Waals surface area contributed by atoms with Crippen molar-refractivity contribution in [3.63, 3.8) is 0 Å². The molecule has 9 heteroatoms. The van der Waals surface area contributed by atoms with Gasteiger partial charge >= 0.3 is 0 Å². The summed E-state index contributed by atoms with van der Waals surface area (Å²) in [7, 11) is -3.86. The molecule has 0 aliphatic carbocycles. The number of nitrogens with zero attached hydrogens (tertiary/aromatic N) is 2. The highest BCUT2D eigenvalue weighted by Gasteiger charge is 2.19. The molecule has 0 aliphatic rings. The van der Waals surface area contributed by atoms with Crippen molar-refractivity contribution in [2.75, 3.05) is 0 Å². The van der Waals surface area contributed by atoms with Crippen molar-refractivity contribution in [1.82, 2.24) is 9.71 Å². The van der Waals surface area contributed by atoms with Crippen LogP contribution in [0.2, 0.25) is 0 Å². The largest absolute Gasteiger partial charge is 0.270 e. The highest BCUT2D eigenvalue weighted by atomic mass is 32.2. The maximum absolute atomic E-state index is 12.4. The zero-order chi connectivity index (χ0) is 18.7. The van der Waals surface area contributed by atoms with Crippen LogP contribution in [0.5, 0.6) is 0 Å². The molecule has 0 fully saturated rings. The van der Waals surface area contributed by atoms with E-state index < -0.39 is 14.9 Å². The fraction of sp³-hybridized carbons (Fsp3) is 0.118. The number of non-ortho nitro benzene ring substituents is 1. The summed E-state index contributed by atoms with van der Waals surface area (Å²) in [6.45, 7) is 1.89. The molecule has 134 valence electrons. The predicted octanol–water partition coefficient (Wildman–Crippen LogP) is 3.51. The lowest BCUT2D eigenvalue weighted by atomic mass is 10.2. The molecule has 1 N–H and O–H groups in total. The molecule has 3 rings (SSSR count). The first-order valence-corrected chi connectivity index (χ1v) is 9.92. The third-order valence-corrected chi connectivity index (χ3v) is 6.28. The van der Waals surface area contributed by atoms with Gasteiger partial charge in [-0.3, -0.25) is 10.1 Å². The fourth-order valence-corrected chi connectivity index (χ4v) is 4.44. The molecule has 0 amide bonds. The van der Waals surface area contributed by atoms with Crippen LogP contribution >= 0.6 is 11.3 Å². The number of hydrogen-bond acceptors (Lipinski definition) is 6. The average Bonchev–Trinajstić information content (AvgIpc) is 3.02. The summed E-state index contributed by atoms with van der Waals surface area (Å²) in [6, 6.07) is 14.6. The Kier molecular flexibility index (Phi) is 5.12. The van der Waals surface area contributed by atoms with E-state index in [4.69, 9.17) is 0 Å². The minimum atomic E-state index is -3.86. The first-order valence-electron chi connectivity index (χ1n) is 7.62. The van der Waals surface area contributed by atoms with Gasteiger partial charge in [-0.1, -0.05) is 36.4 Å². The Morgan fingerprint density at radius 3 is 2.58 bits per heavy atom. The van der Waals surface area contributed by atoms with Crippen LogP contribution in [0.4, 0.5) is 5.69 Å². The van der Waals surface area contributed by atoms with Gasteiger partial charge in [0.1, 0.15) is 5.01 Å². The van der Waals surface area contributed by atoms with Crippen molar-refractivity contribution in [2.24, 2.45) is 0 Å². The smallest absolute Gasteiger partial charge is 0.258 e. The van der Waals surface area contributed by atoms with Gasteiger partial charge < -0.3 is 0 Å². The summed E-state index contributed by atoms with van der Waals surface area (Å²) in [5.74, 6) is 0. The van der Waals surface area contributed by atoms with Gasteiger partial charge in [0.05, 0.1) is 15.5 Å². The van der Waals surface area contributed by atoms with E-state index in [-0.39, 0.29) is 17.1 Å². The van der Waals surface area contributed by atoms with E-state index in [0.717, 1.165) is 27.2 Å². The van der Waals surface area contributed by atoms with Gasteiger partial charge in [0.25, 0.3) is 5.69 Å². The van der Waals surface area contributed by atoms with Gasteiger partial charge in [-0.05, 0) is 13.0 Å². The maximum Gasteiger partial charge on any atom is 0.270 e. The van der Waals surface area contributed by atoms with Crippen LogP contribution in [0.25, 0.3) is 10.6 Å². The van der Waals surface area contributed by atoms with Gasteiger partial charge in [0, 0.05) is 29.1 Å². The number of benzene rings is 2. The molecule has 0 radical (unpaired) electrons. The Morgan fingerprint density at radius 1 is 1.15 bits per heavy atom. The van der Waals surface area contributed by atoms with Crippen molar-refractivity contribution in [3.8, 4) is 10.6 Å². The first kappa shape index (κ1) is 18.2. The van der Waals surface area contributed by atoms with Gasteiger partial charge in [-0.25, -0.2) is 18.1 Å². The molecule has 2 aromatic carbocycles. The van der Waals surface area contributed by atoms with E-state index in [2.05, 4.69) is 9.71 Å². The summed E-state index contributed by atoms with van der Waals surface area (Å²) < 4.78 is 27.3. The van der Waals surface area contributed by atoms with Crippen LogP contribution < -0.4 is 4.72 Å². The Morgan fingerprint density at radius 2 is 1.88 bits per heavy atom. The fourth-order valence-electron chi connectivity index (χ4n) is 2.30. The molecule has 1 aromatic heterocycles.